The highest BCUT2D eigenvalue weighted by molar-refractivity contribution is 5.70. The molecule has 2 heterocycles. The van der Waals surface area contributed by atoms with Crippen LogP contribution in [0.2, 0.25) is 0 Å². The average molecular weight is 396 g/mol. The molecule has 29 heavy (non-hydrogen) atoms. The fourth-order valence-corrected chi connectivity index (χ4v) is 7.74. The van der Waals surface area contributed by atoms with Gasteiger partial charge in [0, 0.05) is 37.8 Å². The first-order valence-corrected chi connectivity index (χ1v) is 12.6. The summed E-state index contributed by atoms with van der Waals surface area (Å²) in [4.78, 5) is 5.80. The Bertz CT molecular complexity index is 662. The highest BCUT2D eigenvalue weighted by atomic mass is 15.3. The minimum atomic E-state index is 0.698. The van der Waals surface area contributed by atoms with Crippen LogP contribution in [0.1, 0.15) is 77.6 Å². The molecular weight excluding hydrogens is 354 g/mol. The summed E-state index contributed by atoms with van der Waals surface area (Å²) in [5, 5.41) is 3.43. The molecule has 2 aliphatic carbocycles. The quantitative estimate of drug-likeness (QED) is 0.669. The Morgan fingerprint density at radius 2 is 1.52 bits per heavy atom. The maximum atomic E-state index is 3.43. The summed E-state index contributed by atoms with van der Waals surface area (Å²) < 4.78 is 0. The van der Waals surface area contributed by atoms with E-state index in [1.54, 1.807) is 6.42 Å². The van der Waals surface area contributed by atoms with Gasteiger partial charge in [0.25, 0.3) is 0 Å². The minimum Gasteiger partial charge on any atom is -0.386 e. The first-order chi connectivity index (χ1) is 14.3. The Kier molecular flexibility index (Phi) is 5.78. The second-order valence-corrected chi connectivity index (χ2v) is 10.4. The molecule has 3 heteroatoms. The van der Waals surface area contributed by atoms with Crippen molar-refractivity contribution in [2.45, 2.75) is 102 Å². The molecule has 0 spiro atoms. The highest BCUT2D eigenvalue weighted by Gasteiger charge is 2.45. The van der Waals surface area contributed by atoms with Gasteiger partial charge in [0.05, 0.1) is 11.4 Å². The van der Waals surface area contributed by atoms with E-state index in [4.69, 9.17) is 0 Å². The molecule has 1 N–H and O–H groups in total. The summed E-state index contributed by atoms with van der Waals surface area (Å²) in [6, 6.07) is 12.2. The molecule has 1 aromatic rings. The number of hydrogen-bond donors (Lipinski definition) is 1. The normalized spacial score (nSPS) is 37.2. The Morgan fingerprint density at radius 1 is 0.862 bits per heavy atom. The van der Waals surface area contributed by atoms with Gasteiger partial charge >= 0.3 is 0 Å². The van der Waals surface area contributed by atoms with Crippen LogP contribution in [0.5, 0.6) is 0 Å². The van der Waals surface area contributed by atoms with E-state index in [0.29, 0.717) is 6.04 Å². The first-order valence-electron chi connectivity index (χ1n) is 12.6. The third-order valence-electron chi connectivity index (χ3n) is 8.79. The molecule has 160 valence electrons. The summed E-state index contributed by atoms with van der Waals surface area (Å²) in [5.74, 6) is 2.08. The third kappa shape index (κ3) is 3.80. The molecule has 6 atom stereocenters. The van der Waals surface area contributed by atoms with Crippen molar-refractivity contribution in [1.82, 2.24) is 4.90 Å². The molecule has 0 radical (unpaired) electrons. The fraction of sp³-hybridized carbons (Fsp3) is 0.769. The Hall–Kier alpha value is -1.22. The van der Waals surface area contributed by atoms with Gasteiger partial charge in [-0.05, 0) is 75.8 Å². The lowest BCUT2D eigenvalue weighted by atomic mass is 9.68. The summed E-state index contributed by atoms with van der Waals surface area (Å²) in [7, 11) is 2.06. The van der Waals surface area contributed by atoms with Crippen LogP contribution in [0.4, 0.5) is 11.4 Å². The van der Waals surface area contributed by atoms with E-state index in [-0.39, 0.29) is 0 Å². The summed E-state index contributed by atoms with van der Waals surface area (Å²) in [6.07, 6.45) is 16.2. The summed E-state index contributed by atoms with van der Waals surface area (Å²) >= 11 is 0. The number of hydrogen-bond acceptors (Lipinski definition) is 3. The van der Waals surface area contributed by atoms with Crippen LogP contribution in [0.3, 0.4) is 0 Å². The average Bonchev–Trinajstić information content (AvgIpc) is 2.73. The number of para-hydroxylation sites is 2. The zero-order valence-electron chi connectivity index (χ0n) is 18.7. The molecule has 2 aliphatic heterocycles. The Labute approximate surface area is 178 Å². The second-order valence-electron chi connectivity index (χ2n) is 10.4. The van der Waals surface area contributed by atoms with Gasteiger partial charge in [-0.3, -0.25) is 4.90 Å². The lowest BCUT2D eigenvalue weighted by Crippen LogP contribution is -2.61. The smallest absolute Gasteiger partial charge is 0.0604 e. The molecule has 0 unspecified atom stereocenters. The standard InChI is InChI=1S/C26H41N3/c1-3-28(26-13-5-4-12-25(26)27-2)23-17-21-10-7-11-22(18-23)29(21)24-15-19-8-6-9-20(14-19)16-24/h4-5,12-13,19-24,27H,3,6-11,14-18H2,1-2H3/t19-,20+,21-,22+,23+,24+. The van der Waals surface area contributed by atoms with Gasteiger partial charge in [0.2, 0.25) is 0 Å². The van der Waals surface area contributed by atoms with E-state index in [9.17, 15) is 0 Å². The molecule has 4 aliphatic rings. The Balaban J connectivity index is 1.35. The van der Waals surface area contributed by atoms with E-state index in [2.05, 4.69) is 53.4 Å². The van der Waals surface area contributed by atoms with Crippen LogP contribution in [0.15, 0.2) is 24.3 Å². The van der Waals surface area contributed by atoms with E-state index in [0.717, 1.165) is 36.5 Å². The maximum Gasteiger partial charge on any atom is 0.0604 e. The zero-order valence-corrected chi connectivity index (χ0v) is 18.7. The van der Waals surface area contributed by atoms with Crippen molar-refractivity contribution >= 4 is 11.4 Å². The largest absolute Gasteiger partial charge is 0.386 e. The lowest BCUT2D eigenvalue weighted by molar-refractivity contribution is -0.0409. The number of piperidine rings is 2. The molecule has 0 amide bonds. The van der Waals surface area contributed by atoms with Crippen molar-refractivity contribution < 1.29 is 0 Å². The summed E-state index contributed by atoms with van der Waals surface area (Å²) in [6.45, 7) is 3.45. The van der Waals surface area contributed by atoms with Gasteiger partial charge in [-0.25, -0.2) is 0 Å². The lowest BCUT2D eigenvalue weighted by Gasteiger charge is -2.56. The van der Waals surface area contributed by atoms with Crippen LogP contribution in [0.25, 0.3) is 0 Å². The maximum absolute atomic E-state index is 3.43. The highest BCUT2D eigenvalue weighted by Crippen LogP contribution is 2.46. The molecule has 3 nitrogen and oxygen atoms in total. The third-order valence-corrected chi connectivity index (χ3v) is 8.79. The number of fused-ring (bicyclic) bond motifs is 4. The monoisotopic (exact) mass is 395 g/mol. The zero-order chi connectivity index (χ0) is 19.8. The predicted molar refractivity (Wildman–Crippen MR) is 124 cm³/mol. The van der Waals surface area contributed by atoms with Crippen molar-refractivity contribution in [3.8, 4) is 0 Å². The van der Waals surface area contributed by atoms with Crippen LogP contribution in [-0.4, -0.2) is 42.7 Å². The molecular formula is C26H41N3. The molecule has 2 saturated carbocycles. The van der Waals surface area contributed by atoms with Crippen LogP contribution < -0.4 is 10.2 Å². The van der Waals surface area contributed by atoms with E-state index >= 15 is 0 Å². The number of nitrogens with zero attached hydrogens (tertiary/aromatic N) is 2. The minimum absolute atomic E-state index is 0.698. The fourth-order valence-electron chi connectivity index (χ4n) is 7.74. The number of nitrogens with one attached hydrogen (secondary N) is 1. The van der Waals surface area contributed by atoms with Crippen LogP contribution in [0, 0.1) is 11.8 Å². The Morgan fingerprint density at radius 3 is 2.17 bits per heavy atom. The van der Waals surface area contributed by atoms with Crippen molar-refractivity contribution in [2.24, 2.45) is 11.8 Å². The SMILES string of the molecule is CCN(c1ccccc1NC)[C@H]1C[C@H]2CCC[C@@H](C1)N2[C@H]1C[C@@H]2CCC[C@@H](C2)C1. The molecule has 0 aromatic heterocycles. The van der Waals surface area contributed by atoms with Crippen LogP contribution >= 0.6 is 0 Å². The molecule has 2 saturated heterocycles. The van der Waals surface area contributed by atoms with Crippen molar-refractivity contribution in [2.75, 3.05) is 23.8 Å². The van der Waals surface area contributed by atoms with Gasteiger partial charge in [-0.15, -0.1) is 0 Å². The van der Waals surface area contributed by atoms with Gasteiger partial charge in [-0.2, -0.15) is 0 Å². The number of rotatable bonds is 5. The van der Waals surface area contributed by atoms with E-state index < -0.39 is 0 Å². The second kappa shape index (κ2) is 8.49. The van der Waals surface area contributed by atoms with Gasteiger partial charge < -0.3 is 10.2 Å². The molecule has 4 bridgehead atoms. The molecule has 5 rings (SSSR count). The van der Waals surface area contributed by atoms with E-state index in [1.165, 1.54) is 75.6 Å². The van der Waals surface area contributed by atoms with Gasteiger partial charge in [0.1, 0.15) is 0 Å². The predicted octanol–water partition coefficient (Wildman–Crippen LogP) is 5.91. The van der Waals surface area contributed by atoms with E-state index in [1.807, 2.05) is 0 Å². The molecule has 4 fully saturated rings. The van der Waals surface area contributed by atoms with Crippen molar-refractivity contribution in [1.29, 1.82) is 0 Å². The molecule has 1 aromatic carbocycles. The number of benzene rings is 1. The topological polar surface area (TPSA) is 18.5 Å². The first kappa shape index (κ1) is 19.7. The van der Waals surface area contributed by atoms with Gasteiger partial charge in [-0.1, -0.05) is 37.8 Å². The van der Waals surface area contributed by atoms with Gasteiger partial charge in [0.15, 0.2) is 0 Å². The summed E-state index contributed by atoms with van der Waals surface area (Å²) in [5.41, 5.74) is 2.68. The van der Waals surface area contributed by atoms with Crippen molar-refractivity contribution in [3.63, 3.8) is 0 Å². The van der Waals surface area contributed by atoms with Crippen LogP contribution in [-0.2, 0) is 0 Å². The number of anilines is 2. The van der Waals surface area contributed by atoms with Crippen molar-refractivity contribution in [3.05, 3.63) is 24.3 Å².